The Balaban J connectivity index is 3.64. The summed E-state index contributed by atoms with van der Waals surface area (Å²) in [5, 5.41) is 5.52. The van der Waals surface area contributed by atoms with E-state index >= 15 is 0 Å². The van der Waals surface area contributed by atoms with Crippen LogP contribution in [0.15, 0.2) is 0 Å². The molecule has 0 aromatic heterocycles. The molecule has 3 N–H and O–H groups in total. The van der Waals surface area contributed by atoms with Crippen LogP contribution in [0.3, 0.4) is 0 Å². The lowest BCUT2D eigenvalue weighted by molar-refractivity contribution is -0.124. The molecule has 6 nitrogen and oxygen atoms in total. The van der Waals surface area contributed by atoms with Gasteiger partial charge in [0.1, 0.15) is 0 Å². The lowest BCUT2D eigenvalue weighted by Gasteiger charge is -2.11. The summed E-state index contributed by atoms with van der Waals surface area (Å²) in [7, 11) is -1.39. The maximum absolute atomic E-state index is 11.3. The molecule has 15 heavy (non-hydrogen) atoms. The van der Waals surface area contributed by atoms with Crippen molar-refractivity contribution in [2.75, 3.05) is 32.9 Å². The summed E-state index contributed by atoms with van der Waals surface area (Å²) >= 11 is 0. The van der Waals surface area contributed by atoms with Gasteiger partial charge in [0.25, 0.3) is 0 Å². The first-order chi connectivity index (χ1) is 6.87. The summed E-state index contributed by atoms with van der Waals surface area (Å²) in [5.74, 6) is -0.201. The molecule has 0 heterocycles. The van der Waals surface area contributed by atoms with Crippen LogP contribution in [0, 0.1) is 5.92 Å². The number of sulfonamides is 1. The van der Waals surface area contributed by atoms with Gasteiger partial charge in [-0.3, -0.25) is 4.79 Å². The number of amides is 1. The SMILES string of the molecule is CNCC(C)C(=O)NCCNS(C)(=O)=O. The van der Waals surface area contributed by atoms with Crippen LogP contribution in [0.4, 0.5) is 0 Å². The highest BCUT2D eigenvalue weighted by Crippen LogP contribution is 1.90. The average Bonchev–Trinajstić information content (AvgIpc) is 2.11. The summed E-state index contributed by atoms with van der Waals surface area (Å²) in [4.78, 5) is 11.3. The zero-order chi connectivity index (χ0) is 11.9. The van der Waals surface area contributed by atoms with Gasteiger partial charge < -0.3 is 10.6 Å². The van der Waals surface area contributed by atoms with Gasteiger partial charge in [-0.2, -0.15) is 0 Å². The predicted octanol–water partition coefficient (Wildman–Crippen LogP) is -1.49. The molecule has 0 aliphatic heterocycles. The van der Waals surface area contributed by atoms with Crippen molar-refractivity contribution < 1.29 is 13.2 Å². The Labute approximate surface area is 90.9 Å². The van der Waals surface area contributed by atoms with Crippen LogP contribution in [0.2, 0.25) is 0 Å². The van der Waals surface area contributed by atoms with Crippen molar-refractivity contribution in [1.82, 2.24) is 15.4 Å². The summed E-state index contributed by atoms with van der Waals surface area (Å²) in [6.07, 6.45) is 1.08. The molecule has 0 rings (SSSR count). The first-order valence-corrected chi connectivity index (χ1v) is 6.63. The summed E-state index contributed by atoms with van der Waals surface area (Å²) in [6, 6.07) is 0. The first-order valence-electron chi connectivity index (χ1n) is 4.73. The Morgan fingerprint density at radius 2 is 1.93 bits per heavy atom. The van der Waals surface area contributed by atoms with E-state index in [0.717, 1.165) is 6.26 Å². The molecular weight excluding hydrogens is 218 g/mol. The molecular formula is C8H19N3O3S. The molecule has 0 aromatic carbocycles. The largest absolute Gasteiger partial charge is 0.355 e. The fourth-order valence-corrected chi connectivity index (χ4v) is 1.47. The molecule has 0 aliphatic rings. The minimum atomic E-state index is -3.17. The third-order valence-electron chi connectivity index (χ3n) is 1.75. The molecule has 0 spiro atoms. The lowest BCUT2D eigenvalue weighted by Crippen LogP contribution is -2.38. The second-order valence-electron chi connectivity index (χ2n) is 3.42. The monoisotopic (exact) mass is 237 g/mol. The van der Waals surface area contributed by atoms with E-state index in [1.54, 1.807) is 14.0 Å². The van der Waals surface area contributed by atoms with Crippen LogP contribution < -0.4 is 15.4 Å². The number of carbonyl (C=O) groups excluding carboxylic acids is 1. The summed E-state index contributed by atoms with van der Waals surface area (Å²) in [5.41, 5.74) is 0. The average molecular weight is 237 g/mol. The van der Waals surface area contributed by atoms with Crippen molar-refractivity contribution >= 4 is 15.9 Å². The van der Waals surface area contributed by atoms with Crippen LogP contribution in [0.1, 0.15) is 6.92 Å². The Bertz CT molecular complexity index is 290. The first kappa shape index (κ1) is 14.3. The number of hydrogen-bond donors (Lipinski definition) is 3. The van der Waals surface area contributed by atoms with E-state index in [1.165, 1.54) is 0 Å². The van der Waals surface area contributed by atoms with E-state index in [1.807, 2.05) is 0 Å². The molecule has 0 aliphatic carbocycles. The highest BCUT2D eigenvalue weighted by Gasteiger charge is 2.10. The molecule has 1 atom stereocenters. The fourth-order valence-electron chi connectivity index (χ4n) is 0.995. The number of carbonyl (C=O) groups is 1. The molecule has 1 unspecified atom stereocenters. The molecule has 1 amide bonds. The number of nitrogens with one attached hydrogen (secondary N) is 3. The Kier molecular flexibility index (Phi) is 6.46. The highest BCUT2D eigenvalue weighted by atomic mass is 32.2. The topological polar surface area (TPSA) is 87.3 Å². The molecule has 0 saturated carbocycles. The van der Waals surface area contributed by atoms with E-state index in [2.05, 4.69) is 15.4 Å². The van der Waals surface area contributed by atoms with Gasteiger partial charge in [0, 0.05) is 25.6 Å². The van der Waals surface area contributed by atoms with Crippen molar-refractivity contribution in [2.24, 2.45) is 5.92 Å². The van der Waals surface area contributed by atoms with Crippen molar-refractivity contribution in [3.63, 3.8) is 0 Å². The highest BCUT2D eigenvalue weighted by molar-refractivity contribution is 7.88. The fraction of sp³-hybridized carbons (Fsp3) is 0.875. The van der Waals surface area contributed by atoms with Gasteiger partial charge in [-0.25, -0.2) is 13.1 Å². The van der Waals surface area contributed by atoms with Crippen molar-refractivity contribution in [3.8, 4) is 0 Å². The minimum Gasteiger partial charge on any atom is -0.355 e. The maximum atomic E-state index is 11.3. The number of hydrogen-bond acceptors (Lipinski definition) is 4. The molecule has 0 saturated heterocycles. The van der Waals surface area contributed by atoms with Crippen molar-refractivity contribution in [1.29, 1.82) is 0 Å². The van der Waals surface area contributed by atoms with Crippen molar-refractivity contribution in [3.05, 3.63) is 0 Å². The normalized spacial score (nSPS) is 13.5. The van der Waals surface area contributed by atoms with Crippen LogP contribution in [-0.4, -0.2) is 47.3 Å². The predicted molar refractivity (Wildman–Crippen MR) is 58.9 cm³/mol. The van der Waals surface area contributed by atoms with Gasteiger partial charge in [-0.1, -0.05) is 6.92 Å². The van der Waals surface area contributed by atoms with E-state index in [4.69, 9.17) is 0 Å². The van der Waals surface area contributed by atoms with Gasteiger partial charge in [0.05, 0.1) is 6.26 Å². The molecule has 0 aromatic rings. The molecule has 7 heteroatoms. The van der Waals surface area contributed by atoms with E-state index < -0.39 is 10.0 Å². The zero-order valence-corrected chi connectivity index (χ0v) is 10.1. The second kappa shape index (κ2) is 6.76. The Morgan fingerprint density at radius 3 is 2.40 bits per heavy atom. The Hall–Kier alpha value is -0.660. The molecule has 90 valence electrons. The smallest absolute Gasteiger partial charge is 0.224 e. The van der Waals surface area contributed by atoms with Crippen LogP contribution in [-0.2, 0) is 14.8 Å². The van der Waals surface area contributed by atoms with Crippen LogP contribution in [0.25, 0.3) is 0 Å². The van der Waals surface area contributed by atoms with Gasteiger partial charge in [0.15, 0.2) is 0 Å². The molecule has 0 radical (unpaired) electrons. The van der Waals surface area contributed by atoms with E-state index in [9.17, 15) is 13.2 Å². The molecule has 0 fully saturated rings. The van der Waals surface area contributed by atoms with E-state index in [0.29, 0.717) is 13.1 Å². The quantitative estimate of drug-likeness (QED) is 0.471. The standard InChI is InChI=1S/C8H19N3O3S/c1-7(6-9-2)8(12)10-4-5-11-15(3,13)14/h7,9,11H,4-6H2,1-3H3,(H,10,12). The van der Waals surface area contributed by atoms with Crippen LogP contribution in [0.5, 0.6) is 0 Å². The van der Waals surface area contributed by atoms with E-state index in [-0.39, 0.29) is 18.4 Å². The third kappa shape index (κ3) is 8.34. The molecule has 0 bridgehead atoms. The van der Waals surface area contributed by atoms with Gasteiger partial charge in [-0.15, -0.1) is 0 Å². The van der Waals surface area contributed by atoms with Crippen molar-refractivity contribution in [2.45, 2.75) is 6.92 Å². The maximum Gasteiger partial charge on any atom is 0.224 e. The van der Waals surface area contributed by atoms with Crippen LogP contribution >= 0.6 is 0 Å². The zero-order valence-electron chi connectivity index (χ0n) is 9.33. The van der Waals surface area contributed by atoms with Gasteiger partial charge >= 0.3 is 0 Å². The third-order valence-corrected chi connectivity index (χ3v) is 2.47. The summed E-state index contributed by atoms with van der Waals surface area (Å²) < 4.78 is 23.6. The lowest BCUT2D eigenvalue weighted by atomic mass is 10.1. The second-order valence-corrected chi connectivity index (χ2v) is 5.25. The van der Waals surface area contributed by atoms with Gasteiger partial charge in [0.2, 0.25) is 15.9 Å². The summed E-state index contributed by atoms with van der Waals surface area (Å²) in [6.45, 7) is 2.93. The number of rotatable bonds is 7. The minimum absolute atomic E-state index is 0.0837. The Morgan fingerprint density at radius 1 is 1.33 bits per heavy atom. The van der Waals surface area contributed by atoms with Gasteiger partial charge in [-0.05, 0) is 7.05 Å².